The number of sulfone groups is 1. The van der Waals surface area contributed by atoms with Crippen LogP contribution in [0.4, 0.5) is 11.4 Å². The fourth-order valence-electron chi connectivity index (χ4n) is 2.17. The van der Waals surface area contributed by atoms with Gasteiger partial charge in [0.05, 0.1) is 17.4 Å². The zero-order valence-electron chi connectivity index (χ0n) is 12.6. The Morgan fingerprint density at radius 3 is 2.09 bits per heavy atom. The van der Waals surface area contributed by atoms with Crippen LogP contribution in [0.25, 0.3) is 0 Å². The Hall–Kier alpha value is -1.89. The number of carbonyl (C=O) groups excluding carboxylic acids is 2. The highest BCUT2D eigenvalue weighted by atomic mass is 32.2. The molecule has 1 unspecified atom stereocenters. The number of rotatable bonds is 4. The number of carbonyl (C=O) groups is 2. The molecule has 22 heavy (non-hydrogen) atoms. The lowest BCUT2D eigenvalue weighted by molar-refractivity contribution is -0.119. The molecule has 0 aliphatic carbocycles. The molecule has 1 saturated heterocycles. The lowest BCUT2D eigenvalue weighted by Crippen LogP contribution is -2.23. The Labute approximate surface area is 130 Å². The number of hydrogen-bond acceptors (Lipinski definition) is 4. The Balaban J connectivity index is 1.94. The van der Waals surface area contributed by atoms with Crippen LogP contribution in [0.1, 0.15) is 20.3 Å². The lowest BCUT2D eigenvalue weighted by Gasteiger charge is -2.11. The van der Waals surface area contributed by atoms with Crippen LogP contribution in [0.3, 0.4) is 0 Å². The predicted octanol–water partition coefficient (Wildman–Crippen LogP) is 1.65. The summed E-state index contributed by atoms with van der Waals surface area (Å²) >= 11 is 0. The SMILES string of the molecule is CC(C)C(=O)Nc1ccc(NC(=O)C2CCS(=O)(=O)C2)cc1. The van der Waals surface area contributed by atoms with Crippen LogP contribution in [0.2, 0.25) is 0 Å². The normalized spacial score (nSPS) is 19.9. The van der Waals surface area contributed by atoms with Crippen LogP contribution in [0.5, 0.6) is 0 Å². The van der Waals surface area contributed by atoms with Crippen molar-refractivity contribution in [1.82, 2.24) is 0 Å². The molecule has 1 fully saturated rings. The Bertz CT molecular complexity index is 665. The Kier molecular flexibility index (Phi) is 4.85. The molecule has 1 aromatic carbocycles. The lowest BCUT2D eigenvalue weighted by atomic mass is 10.1. The van der Waals surface area contributed by atoms with E-state index in [0.717, 1.165) is 0 Å². The van der Waals surface area contributed by atoms with Gasteiger partial charge in [-0.25, -0.2) is 8.42 Å². The van der Waals surface area contributed by atoms with E-state index in [1.54, 1.807) is 38.1 Å². The first-order chi connectivity index (χ1) is 10.3. The fraction of sp³-hybridized carbons (Fsp3) is 0.467. The van der Waals surface area contributed by atoms with Gasteiger partial charge < -0.3 is 10.6 Å². The minimum atomic E-state index is -3.07. The first kappa shape index (κ1) is 16.5. The van der Waals surface area contributed by atoms with Gasteiger partial charge in [0.15, 0.2) is 9.84 Å². The van der Waals surface area contributed by atoms with Crippen LogP contribution >= 0.6 is 0 Å². The maximum absolute atomic E-state index is 12.0. The molecule has 6 nitrogen and oxygen atoms in total. The average molecular weight is 324 g/mol. The van der Waals surface area contributed by atoms with E-state index in [4.69, 9.17) is 0 Å². The molecular formula is C15H20N2O4S. The highest BCUT2D eigenvalue weighted by Gasteiger charge is 2.32. The van der Waals surface area contributed by atoms with E-state index < -0.39 is 15.8 Å². The molecular weight excluding hydrogens is 304 g/mol. The van der Waals surface area contributed by atoms with Crippen molar-refractivity contribution in [1.29, 1.82) is 0 Å². The molecule has 2 rings (SSSR count). The van der Waals surface area contributed by atoms with E-state index in [1.807, 2.05) is 0 Å². The van der Waals surface area contributed by atoms with Gasteiger partial charge >= 0.3 is 0 Å². The standard InChI is InChI=1S/C15H20N2O4S/c1-10(2)14(18)16-12-3-5-13(6-4-12)17-15(19)11-7-8-22(20,21)9-11/h3-6,10-11H,7-9H2,1-2H3,(H,16,18)(H,17,19). The molecule has 7 heteroatoms. The number of nitrogens with one attached hydrogen (secondary N) is 2. The van der Waals surface area contributed by atoms with Crippen LogP contribution in [-0.4, -0.2) is 31.7 Å². The highest BCUT2D eigenvalue weighted by Crippen LogP contribution is 2.21. The predicted molar refractivity (Wildman–Crippen MR) is 85.3 cm³/mol. The zero-order chi connectivity index (χ0) is 16.3. The number of anilines is 2. The second kappa shape index (κ2) is 6.48. The topological polar surface area (TPSA) is 92.3 Å². The molecule has 1 aromatic rings. The molecule has 1 atom stereocenters. The molecule has 0 aromatic heterocycles. The monoisotopic (exact) mass is 324 g/mol. The molecule has 1 aliphatic rings. The van der Waals surface area contributed by atoms with Gasteiger partial charge in [-0.05, 0) is 30.7 Å². The van der Waals surface area contributed by atoms with E-state index >= 15 is 0 Å². The van der Waals surface area contributed by atoms with Crippen LogP contribution in [0, 0.1) is 11.8 Å². The van der Waals surface area contributed by atoms with E-state index in [1.165, 1.54) is 0 Å². The van der Waals surface area contributed by atoms with Crippen molar-refractivity contribution in [2.45, 2.75) is 20.3 Å². The summed E-state index contributed by atoms with van der Waals surface area (Å²) in [6.45, 7) is 3.61. The summed E-state index contributed by atoms with van der Waals surface area (Å²) in [7, 11) is -3.07. The molecule has 1 aliphatic heterocycles. The first-order valence-electron chi connectivity index (χ1n) is 7.19. The Morgan fingerprint density at radius 2 is 1.64 bits per heavy atom. The minimum absolute atomic E-state index is 0.0747. The van der Waals surface area contributed by atoms with Crippen LogP contribution < -0.4 is 10.6 Å². The first-order valence-corrected chi connectivity index (χ1v) is 9.01. The Morgan fingerprint density at radius 1 is 1.09 bits per heavy atom. The summed E-state index contributed by atoms with van der Waals surface area (Å²) in [5.74, 6) is -0.950. The van der Waals surface area contributed by atoms with Crippen molar-refractivity contribution in [3.05, 3.63) is 24.3 Å². The second-order valence-electron chi connectivity index (χ2n) is 5.81. The van der Waals surface area contributed by atoms with Gasteiger partial charge in [0.1, 0.15) is 0 Å². The van der Waals surface area contributed by atoms with Gasteiger partial charge in [-0.15, -0.1) is 0 Å². The molecule has 0 saturated carbocycles. The third-order valence-electron chi connectivity index (χ3n) is 3.55. The maximum Gasteiger partial charge on any atom is 0.228 e. The summed E-state index contributed by atoms with van der Waals surface area (Å²) in [5, 5.41) is 5.47. The average Bonchev–Trinajstić information content (AvgIpc) is 2.81. The highest BCUT2D eigenvalue weighted by molar-refractivity contribution is 7.91. The van der Waals surface area contributed by atoms with Gasteiger partial charge in [0, 0.05) is 17.3 Å². The van der Waals surface area contributed by atoms with E-state index in [-0.39, 0.29) is 29.2 Å². The maximum atomic E-state index is 12.0. The van der Waals surface area contributed by atoms with E-state index in [0.29, 0.717) is 17.8 Å². The summed E-state index contributed by atoms with van der Waals surface area (Å²) in [5.41, 5.74) is 1.23. The van der Waals surface area contributed by atoms with Gasteiger partial charge in [0.25, 0.3) is 0 Å². The molecule has 2 amide bonds. The molecule has 2 N–H and O–H groups in total. The van der Waals surface area contributed by atoms with Gasteiger partial charge in [-0.3, -0.25) is 9.59 Å². The van der Waals surface area contributed by atoms with Crippen LogP contribution in [0.15, 0.2) is 24.3 Å². The third-order valence-corrected chi connectivity index (χ3v) is 5.32. The van der Waals surface area contributed by atoms with E-state index in [9.17, 15) is 18.0 Å². The zero-order valence-corrected chi connectivity index (χ0v) is 13.4. The molecule has 0 bridgehead atoms. The van der Waals surface area contributed by atoms with E-state index in [2.05, 4.69) is 10.6 Å². The summed E-state index contributed by atoms with van der Waals surface area (Å²) in [6, 6.07) is 6.75. The van der Waals surface area contributed by atoms with Crippen molar-refractivity contribution in [2.75, 3.05) is 22.1 Å². The number of hydrogen-bond donors (Lipinski definition) is 2. The van der Waals surface area contributed by atoms with Gasteiger partial charge in [-0.2, -0.15) is 0 Å². The summed E-state index contributed by atoms with van der Waals surface area (Å²) in [6.07, 6.45) is 0.372. The van der Waals surface area contributed by atoms with Gasteiger partial charge in [0.2, 0.25) is 11.8 Å². The molecule has 120 valence electrons. The fourth-order valence-corrected chi connectivity index (χ4v) is 3.91. The third kappa shape index (κ3) is 4.30. The van der Waals surface area contributed by atoms with Crippen molar-refractivity contribution < 1.29 is 18.0 Å². The van der Waals surface area contributed by atoms with Gasteiger partial charge in [-0.1, -0.05) is 13.8 Å². The summed E-state index contributed by atoms with van der Waals surface area (Å²) in [4.78, 5) is 23.6. The largest absolute Gasteiger partial charge is 0.326 e. The second-order valence-corrected chi connectivity index (χ2v) is 8.04. The van der Waals surface area contributed by atoms with Crippen molar-refractivity contribution in [3.63, 3.8) is 0 Å². The van der Waals surface area contributed by atoms with Crippen molar-refractivity contribution in [3.8, 4) is 0 Å². The van der Waals surface area contributed by atoms with Crippen molar-refractivity contribution >= 4 is 33.0 Å². The quantitative estimate of drug-likeness (QED) is 0.881. The minimum Gasteiger partial charge on any atom is -0.326 e. The van der Waals surface area contributed by atoms with Crippen LogP contribution in [-0.2, 0) is 19.4 Å². The molecule has 0 radical (unpaired) electrons. The smallest absolute Gasteiger partial charge is 0.228 e. The number of amides is 2. The number of benzene rings is 1. The molecule has 1 heterocycles. The summed E-state index contributed by atoms with van der Waals surface area (Å²) < 4.78 is 22.8. The molecule has 0 spiro atoms. The van der Waals surface area contributed by atoms with Crippen molar-refractivity contribution in [2.24, 2.45) is 11.8 Å².